The van der Waals surface area contributed by atoms with E-state index in [9.17, 15) is 0 Å². The van der Waals surface area contributed by atoms with E-state index in [4.69, 9.17) is 9.26 Å². The molecule has 0 bridgehead atoms. The van der Waals surface area contributed by atoms with Crippen LogP contribution >= 0.6 is 0 Å². The summed E-state index contributed by atoms with van der Waals surface area (Å²) in [6, 6.07) is 8.23. The molecule has 2 aromatic rings. The van der Waals surface area contributed by atoms with Gasteiger partial charge in [0, 0.05) is 25.2 Å². The minimum Gasteiger partial charge on any atom is -0.493 e. The van der Waals surface area contributed by atoms with Crippen molar-refractivity contribution in [1.29, 1.82) is 0 Å². The lowest BCUT2D eigenvalue weighted by Gasteiger charge is -2.15. The summed E-state index contributed by atoms with van der Waals surface area (Å²) >= 11 is 0. The Morgan fingerprint density at radius 2 is 2.04 bits per heavy atom. The van der Waals surface area contributed by atoms with E-state index in [1.807, 2.05) is 13.0 Å². The Kier molecular flexibility index (Phi) is 5.58. The summed E-state index contributed by atoms with van der Waals surface area (Å²) in [5.41, 5.74) is 3.19. The lowest BCUT2D eigenvalue weighted by atomic mass is 10.1. The predicted octanol–water partition coefficient (Wildman–Crippen LogP) is 2.95. The molecule has 1 aromatic carbocycles. The molecule has 0 aliphatic heterocycles. The van der Waals surface area contributed by atoms with Crippen molar-refractivity contribution in [2.45, 2.75) is 39.8 Å². The molecule has 134 valence electrons. The van der Waals surface area contributed by atoms with Gasteiger partial charge in [0.25, 0.3) is 0 Å². The minimum absolute atomic E-state index is 0.565. The third-order valence-corrected chi connectivity index (χ3v) is 4.18. The van der Waals surface area contributed by atoms with Gasteiger partial charge in [-0.1, -0.05) is 17.3 Å². The first kappa shape index (κ1) is 17.3. The maximum absolute atomic E-state index is 6.02. The van der Waals surface area contributed by atoms with Crippen LogP contribution in [0.3, 0.4) is 0 Å². The number of hydrogen-bond donors (Lipinski definition) is 2. The molecule has 0 saturated heterocycles. The van der Waals surface area contributed by atoms with Gasteiger partial charge in [-0.3, -0.25) is 4.99 Å². The first-order chi connectivity index (χ1) is 12.1. The van der Waals surface area contributed by atoms with Crippen molar-refractivity contribution in [1.82, 2.24) is 15.8 Å². The van der Waals surface area contributed by atoms with Gasteiger partial charge in [0.2, 0.25) is 0 Å². The van der Waals surface area contributed by atoms with Gasteiger partial charge in [0.1, 0.15) is 17.2 Å². The van der Waals surface area contributed by atoms with Crippen molar-refractivity contribution < 1.29 is 9.26 Å². The Morgan fingerprint density at radius 3 is 2.72 bits per heavy atom. The van der Waals surface area contributed by atoms with Crippen LogP contribution in [0.4, 0.5) is 0 Å². The van der Waals surface area contributed by atoms with E-state index in [-0.39, 0.29) is 0 Å². The molecule has 1 aliphatic carbocycles. The second-order valence-corrected chi connectivity index (χ2v) is 6.57. The number of benzene rings is 1. The van der Waals surface area contributed by atoms with Gasteiger partial charge in [-0.25, -0.2) is 0 Å². The number of aliphatic imine (C=N–C) groups is 1. The number of nitrogens with zero attached hydrogens (tertiary/aromatic N) is 2. The van der Waals surface area contributed by atoms with Crippen molar-refractivity contribution in [2.24, 2.45) is 10.9 Å². The predicted molar refractivity (Wildman–Crippen MR) is 97.7 cm³/mol. The average Bonchev–Trinajstić information content (AvgIpc) is 3.35. The number of ether oxygens (including phenoxy) is 1. The Bertz CT molecular complexity index is 735. The Hall–Kier alpha value is -2.50. The molecule has 0 unspecified atom stereocenters. The van der Waals surface area contributed by atoms with Crippen LogP contribution in [0.5, 0.6) is 5.75 Å². The molecule has 0 amide bonds. The Balaban J connectivity index is 1.55. The topological polar surface area (TPSA) is 71.7 Å². The van der Waals surface area contributed by atoms with E-state index in [2.05, 4.69) is 45.9 Å². The Labute approximate surface area is 148 Å². The van der Waals surface area contributed by atoms with Crippen LogP contribution in [-0.2, 0) is 13.1 Å². The molecule has 1 aliphatic rings. The van der Waals surface area contributed by atoms with Crippen LogP contribution in [0.2, 0.25) is 0 Å². The van der Waals surface area contributed by atoms with Gasteiger partial charge in [-0.05, 0) is 44.2 Å². The van der Waals surface area contributed by atoms with Crippen LogP contribution in [0.1, 0.15) is 35.4 Å². The fourth-order valence-corrected chi connectivity index (χ4v) is 2.51. The molecule has 0 atom stereocenters. The molecule has 25 heavy (non-hydrogen) atoms. The molecule has 6 heteroatoms. The fourth-order valence-electron chi connectivity index (χ4n) is 2.51. The zero-order chi connectivity index (χ0) is 17.6. The normalized spacial score (nSPS) is 14.4. The first-order valence-electron chi connectivity index (χ1n) is 8.73. The molecule has 1 heterocycles. The van der Waals surface area contributed by atoms with Crippen molar-refractivity contribution in [3.05, 3.63) is 46.8 Å². The SMILES string of the molecule is CN=C(NCc1cc(C)on1)NCc1ccc(C)cc1OCC1CC1. The lowest BCUT2D eigenvalue weighted by Crippen LogP contribution is -2.36. The van der Waals surface area contributed by atoms with Gasteiger partial charge in [-0.2, -0.15) is 0 Å². The van der Waals surface area contributed by atoms with Crippen molar-refractivity contribution in [2.75, 3.05) is 13.7 Å². The zero-order valence-electron chi connectivity index (χ0n) is 15.1. The molecule has 1 aromatic heterocycles. The highest BCUT2D eigenvalue weighted by Crippen LogP contribution is 2.30. The molecular weight excluding hydrogens is 316 g/mol. The average molecular weight is 342 g/mol. The molecular formula is C19H26N4O2. The van der Waals surface area contributed by atoms with Crippen LogP contribution in [-0.4, -0.2) is 24.8 Å². The number of rotatable bonds is 7. The van der Waals surface area contributed by atoms with Gasteiger partial charge < -0.3 is 19.9 Å². The largest absolute Gasteiger partial charge is 0.493 e. The van der Waals surface area contributed by atoms with Crippen LogP contribution in [0, 0.1) is 19.8 Å². The highest BCUT2D eigenvalue weighted by Gasteiger charge is 2.22. The second-order valence-electron chi connectivity index (χ2n) is 6.57. The van der Waals surface area contributed by atoms with E-state index < -0.39 is 0 Å². The van der Waals surface area contributed by atoms with Gasteiger partial charge in [0.15, 0.2) is 5.96 Å². The summed E-state index contributed by atoms with van der Waals surface area (Å²) in [4.78, 5) is 4.25. The Morgan fingerprint density at radius 1 is 1.24 bits per heavy atom. The number of aromatic nitrogens is 1. The fraction of sp³-hybridized carbons (Fsp3) is 0.474. The number of aryl methyl sites for hydroxylation is 2. The summed E-state index contributed by atoms with van der Waals surface area (Å²) in [7, 11) is 1.75. The zero-order valence-corrected chi connectivity index (χ0v) is 15.1. The molecule has 6 nitrogen and oxygen atoms in total. The van der Waals surface area contributed by atoms with Crippen molar-refractivity contribution >= 4 is 5.96 Å². The minimum atomic E-state index is 0.565. The molecule has 1 saturated carbocycles. The highest BCUT2D eigenvalue weighted by atomic mass is 16.5. The third kappa shape index (κ3) is 5.24. The lowest BCUT2D eigenvalue weighted by molar-refractivity contribution is 0.296. The summed E-state index contributed by atoms with van der Waals surface area (Å²) in [6.07, 6.45) is 2.58. The first-order valence-corrected chi connectivity index (χ1v) is 8.73. The number of guanidine groups is 1. The van der Waals surface area contributed by atoms with Gasteiger partial charge in [0.05, 0.1) is 13.2 Å². The quantitative estimate of drug-likeness (QED) is 0.598. The van der Waals surface area contributed by atoms with Gasteiger partial charge in [-0.15, -0.1) is 0 Å². The maximum atomic E-state index is 6.02. The summed E-state index contributed by atoms with van der Waals surface area (Å²) in [5, 5.41) is 10.5. The summed E-state index contributed by atoms with van der Waals surface area (Å²) in [6.45, 7) is 5.99. The maximum Gasteiger partial charge on any atom is 0.191 e. The smallest absolute Gasteiger partial charge is 0.191 e. The van der Waals surface area contributed by atoms with E-state index in [1.165, 1.54) is 18.4 Å². The summed E-state index contributed by atoms with van der Waals surface area (Å²) < 4.78 is 11.1. The standard InChI is InChI=1S/C19H26N4O2/c1-13-4-7-16(18(8-13)24-12-15-5-6-15)10-21-19(20-3)22-11-17-9-14(2)25-23-17/h4,7-9,15H,5-6,10-12H2,1-3H3,(H2,20,21,22). The highest BCUT2D eigenvalue weighted by molar-refractivity contribution is 5.79. The van der Waals surface area contributed by atoms with E-state index >= 15 is 0 Å². The van der Waals surface area contributed by atoms with Crippen LogP contribution in [0.25, 0.3) is 0 Å². The van der Waals surface area contributed by atoms with E-state index in [0.29, 0.717) is 13.1 Å². The molecule has 0 radical (unpaired) electrons. The molecule has 0 spiro atoms. The molecule has 2 N–H and O–H groups in total. The van der Waals surface area contributed by atoms with E-state index in [1.54, 1.807) is 7.05 Å². The van der Waals surface area contributed by atoms with Crippen molar-refractivity contribution in [3.63, 3.8) is 0 Å². The van der Waals surface area contributed by atoms with Crippen LogP contribution in [0.15, 0.2) is 33.8 Å². The van der Waals surface area contributed by atoms with E-state index in [0.717, 1.165) is 41.3 Å². The number of hydrogen-bond acceptors (Lipinski definition) is 4. The molecule has 3 rings (SSSR count). The summed E-state index contributed by atoms with van der Waals surface area (Å²) in [5.74, 6) is 3.22. The number of nitrogens with one attached hydrogen (secondary N) is 2. The van der Waals surface area contributed by atoms with Crippen molar-refractivity contribution in [3.8, 4) is 5.75 Å². The van der Waals surface area contributed by atoms with Crippen LogP contribution < -0.4 is 15.4 Å². The van der Waals surface area contributed by atoms with Gasteiger partial charge >= 0.3 is 0 Å². The molecule has 1 fully saturated rings. The monoisotopic (exact) mass is 342 g/mol. The third-order valence-electron chi connectivity index (χ3n) is 4.18. The second kappa shape index (κ2) is 8.05.